The maximum Gasteiger partial charge on any atom is 0.336 e. The van der Waals surface area contributed by atoms with Crippen molar-refractivity contribution in [1.82, 2.24) is 0 Å². The van der Waals surface area contributed by atoms with Crippen molar-refractivity contribution in [3.05, 3.63) is 58.7 Å². The van der Waals surface area contributed by atoms with E-state index in [1.807, 2.05) is 58.0 Å². The Bertz CT molecular complexity index is 634. The van der Waals surface area contributed by atoms with Crippen LogP contribution in [0.4, 0.5) is 0 Å². The van der Waals surface area contributed by atoms with E-state index < -0.39 is 5.97 Å². The third kappa shape index (κ3) is 2.74. The molecule has 20 heavy (non-hydrogen) atoms. The average molecular weight is 268 g/mol. The number of aromatic carboxylic acids is 1. The summed E-state index contributed by atoms with van der Waals surface area (Å²) in [6.45, 7) is 8.10. The summed E-state index contributed by atoms with van der Waals surface area (Å²) < 4.78 is 0. The molecule has 0 heterocycles. The molecule has 2 aromatic rings. The van der Waals surface area contributed by atoms with Crippen molar-refractivity contribution in [3.8, 4) is 11.1 Å². The van der Waals surface area contributed by atoms with Crippen molar-refractivity contribution >= 4 is 5.97 Å². The van der Waals surface area contributed by atoms with Crippen LogP contribution in [0.5, 0.6) is 0 Å². The van der Waals surface area contributed by atoms with E-state index in [2.05, 4.69) is 6.07 Å². The Kier molecular flexibility index (Phi) is 3.93. The van der Waals surface area contributed by atoms with Gasteiger partial charge in [-0.2, -0.15) is 0 Å². The first-order chi connectivity index (χ1) is 9.40. The van der Waals surface area contributed by atoms with Gasteiger partial charge >= 0.3 is 5.97 Å². The first-order valence-electron chi connectivity index (χ1n) is 6.85. The van der Waals surface area contributed by atoms with Crippen LogP contribution in [-0.4, -0.2) is 11.1 Å². The number of carbonyl (C=O) groups is 1. The van der Waals surface area contributed by atoms with E-state index in [-0.39, 0.29) is 5.92 Å². The fourth-order valence-corrected chi connectivity index (χ4v) is 2.66. The Balaban J connectivity index is 2.73. The third-order valence-electron chi connectivity index (χ3n) is 3.47. The Morgan fingerprint density at radius 3 is 2.15 bits per heavy atom. The van der Waals surface area contributed by atoms with Crippen molar-refractivity contribution in [3.63, 3.8) is 0 Å². The lowest BCUT2D eigenvalue weighted by atomic mass is 9.89. The van der Waals surface area contributed by atoms with Crippen LogP contribution in [-0.2, 0) is 0 Å². The third-order valence-corrected chi connectivity index (χ3v) is 3.47. The molecule has 0 unspecified atom stereocenters. The molecule has 0 bridgehead atoms. The van der Waals surface area contributed by atoms with Crippen molar-refractivity contribution in [2.24, 2.45) is 0 Å². The van der Waals surface area contributed by atoms with E-state index in [0.717, 1.165) is 27.8 Å². The number of hydrogen-bond acceptors (Lipinski definition) is 1. The predicted octanol–water partition coefficient (Wildman–Crippen LogP) is 4.79. The molecule has 0 spiro atoms. The van der Waals surface area contributed by atoms with Gasteiger partial charge in [0.2, 0.25) is 0 Å². The lowest BCUT2D eigenvalue weighted by molar-refractivity contribution is 0.0696. The van der Waals surface area contributed by atoms with E-state index in [1.54, 1.807) is 0 Å². The summed E-state index contributed by atoms with van der Waals surface area (Å²) in [5, 5.41) is 9.60. The molecule has 0 aromatic heterocycles. The zero-order valence-electron chi connectivity index (χ0n) is 12.4. The van der Waals surface area contributed by atoms with Crippen LogP contribution in [0, 0.1) is 13.8 Å². The molecule has 2 aromatic carbocycles. The number of carboxylic acid groups (broad SMARTS) is 1. The summed E-state index contributed by atoms with van der Waals surface area (Å²) in [6.07, 6.45) is 0. The Morgan fingerprint density at radius 2 is 1.65 bits per heavy atom. The van der Waals surface area contributed by atoms with E-state index in [4.69, 9.17) is 0 Å². The van der Waals surface area contributed by atoms with E-state index in [0.29, 0.717) is 5.56 Å². The molecule has 104 valence electrons. The minimum absolute atomic E-state index is 0.187. The van der Waals surface area contributed by atoms with Gasteiger partial charge in [0.15, 0.2) is 0 Å². The molecule has 0 radical (unpaired) electrons. The molecule has 0 fully saturated rings. The van der Waals surface area contributed by atoms with Gasteiger partial charge in [-0.3, -0.25) is 0 Å². The van der Waals surface area contributed by atoms with E-state index in [9.17, 15) is 9.90 Å². The molecule has 0 saturated carbocycles. The van der Waals surface area contributed by atoms with Crippen LogP contribution in [0.3, 0.4) is 0 Å². The summed E-state index contributed by atoms with van der Waals surface area (Å²) in [5.41, 5.74) is 5.37. The van der Waals surface area contributed by atoms with Crippen molar-refractivity contribution in [2.45, 2.75) is 33.6 Å². The number of rotatable bonds is 3. The second-order valence-corrected chi connectivity index (χ2v) is 5.61. The molecule has 2 nitrogen and oxygen atoms in total. The zero-order chi connectivity index (χ0) is 14.9. The molecule has 0 aliphatic rings. The normalized spacial score (nSPS) is 10.8. The Labute approximate surface area is 120 Å². The molecule has 0 aliphatic heterocycles. The molecule has 0 saturated heterocycles. The van der Waals surface area contributed by atoms with Gasteiger partial charge in [-0.25, -0.2) is 4.79 Å². The van der Waals surface area contributed by atoms with Gasteiger partial charge in [-0.15, -0.1) is 0 Å². The number of benzene rings is 2. The van der Waals surface area contributed by atoms with Gasteiger partial charge in [0.05, 0.1) is 5.56 Å². The van der Waals surface area contributed by atoms with Gasteiger partial charge in [0, 0.05) is 0 Å². The Morgan fingerprint density at radius 1 is 1.05 bits per heavy atom. The summed E-state index contributed by atoms with van der Waals surface area (Å²) >= 11 is 0. The van der Waals surface area contributed by atoms with E-state index >= 15 is 0 Å². The van der Waals surface area contributed by atoms with Crippen LogP contribution >= 0.6 is 0 Å². The predicted molar refractivity (Wildman–Crippen MR) is 82.4 cm³/mol. The summed E-state index contributed by atoms with van der Waals surface area (Å²) in [5.74, 6) is -0.671. The molecule has 2 rings (SSSR count). The van der Waals surface area contributed by atoms with Gasteiger partial charge in [-0.05, 0) is 36.5 Å². The SMILES string of the molecule is Cc1cc(C)cc(-c2cccc(C(C)C)c2C(=O)O)c1. The minimum atomic E-state index is -0.858. The highest BCUT2D eigenvalue weighted by molar-refractivity contribution is 5.98. The largest absolute Gasteiger partial charge is 0.478 e. The quantitative estimate of drug-likeness (QED) is 0.868. The lowest BCUT2D eigenvalue weighted by Crippen LogP contribution is -2.06. The molecule has 0 amide bonds. The first kappa shape index (κ1) is 14.3. The molecular formula is C18H20O2. The van der Waals surface area contributed by atoms with Crippen molar-refractivity contribution in [2.75, 3.05) is 0 Å². The zero-order valence-corrected chi connectivity index (χ0v) is 12.4. The summed E-state index contributed by atoms with van der Waals surface area (Å²) in [4.78, 5) is 11.7. The number of aryl methyl sites for hydroxylation is 2. The maximum absolute atomic E-state index is 11.7. The van der Waals surface area contributed by atoms with Crippen LogP contribution in [0.2, 0.25) is 0 Å². The number of hydrogen-bond donors (Lipinski definition) is 1. The summed E-state index contributed by atoms with van der Waals surface area (Å²) in [7, 11) is 0. The fourth-order valence-electron chi connectivity index (χ4n) is 2.66. The average Bonchev–Trinajstić information content (AvgIpc) is 2.36. The molecular weight excluding hydrogens is 248 g/mol. The van der Waals surface area contributed by atoms with Crippen LogP contribution in [0.25, 0.3) is 11.1 Å². The highest BCUT2D eigenvalue weighted by atomic mass is 16.4. The maximum atomic E-state index is 11.7. The van der Waals surface area contributed by atoms with Crippen LogP contribution in [0.15, 0.2) is 36.4 Å². The second kappa shape index (κ2) is 5.49. The second-order valence-electron chi connectivity index (χ2n) is 5.61. The highest BCUT2D eigenvalue weighted by Gasteiger charge is 2.18. The molecule has 1 N–H and O–H groups in total. The highest BCUT2D eigenvalue weighted by Crippen LogP contribution is 2.31. The van der Waals surface area contributed by atoms with Crippen LogP contribution < -0.4 is 0 Å². The van der Waals surface area contributed by atoms with Gasteiger partial charge in [-0.1, -0.05) is 61.4 Å². The molecule has 0 aliphatic carbocycles. The smallest absolute Gasteiger partial charge is 0.336 e. The Hall–Kier alpha value is -2.09. The topological polar surface area (TPSA) is 37.3 Å². The van der Waals surface area contributed by atoms with Gasteiger partial charge in [0.1, 0.15) is 0 Å². The molecule has 0 atom stereocenters. The van der Waals surface area contributed by atoms with Crippen molar-refractivity contribution in [1.29, 1.82) is 0 Å². The standard InChI is InChI=1S/C18H20O2/c1-11(2)15-6-5-7-16(17(15)18(19)20)14-9-12(3)8-13(4)10-14/h5-11H,1-4H3,(H,19,20). The summed E-state index contributed by atoms with van der Waals surface area (Å²) in [6, 6.07) is 11.9. The molecule has 2 heteroatoms. The fraction of sp³-hybridized carbons (Fsp3) is 0.278. The van der Waals surface area contributed by atoms with Gasteiger partial charge < -0.3 is 5.11 Å². The monoisotopic (exact) mass is 268 g/mol. The van der Waals surface area contributed by atoms with E-state index in [1.165, 1.54) is 0 Å². The van der Waals surface area contributed by atoms with Crippen molar-refractivity contribution < 1.29 is 9.90 Å². The van der Waals surface area contributed by atoms with Crippen LogP contribution in [0.1, 0.15) is 46.8 Å². The number of carboxylic acids is 1. The lowest BCUT2D eigenvalue weighted by Gasteiger charge is -2.15. The first-order valence-corrected chi connectivity index (χ1v) is 6.85. The van der Waals surface area contributed by atoms with Gasteiger partial charge in [0.25, 0.3) is 0 Å². The minimum Gasteiger partial charge on any atom is -0.478 e.